The average molecular weight is 678 g/mol. The lowest BCUT2D eigenvalue weighted by Gasteiger charge is -2.26. The van der Waals surface area contributed by atoms with Gasteiger partial charge in [0, 0.05) is 33.6 Å². The fraction of sp³-hybridized carbons (Fsp3) is 0. The first-order chi connectivity index (χ1) is 25.2. The quantitative estimate of drug-likeness (QED) is 0.167. The standard InChI is InChI=1S/C44H27N3O3S/c1-3-8-38-32(6-1)27-40(48-38)29-13-20-34(21-14-29)47(35-22-15-30(16-23-35)43-45-36-7-2-4-9-39(36)49-43)33-18-11-28(12-19-33)31-17-24-37-41(26-31)50-44(46-37)42-10-5-25-51-42/h1-27H. The van der Waals surface area contributed by atoms with E-state index in [4.69, 9.17) is 18.2 Å². The Morgan fingerprint density at radius 1 is 0.431 bits per heavy atom. The van der Waals surface area contributed by atoms with E-state index in [1.54, 1.807) is 11.3 Å². The molecule has 6 aromatic carbocycles. The number of rotatable bonds is 7. The van der Waals surface area contributed by atoms with Crippen molar-refractivity contribution in [3.05, 3.63) is 163 Å². The molecule has 10 rings (SSSR count). The summed E-state index contributed by atoms with van der Waals surface area (Å²) in [5.74, 6) is 2.09. The fourth-order valence-electron chi connectivity index (χ4n) is 6.51. The summed E-state index contributed by atoms with van der Waals surface area (Å²) in [6.07, 6.45) is 0. The maximum atomic E-state index is 6.16. The number of furan rings is 1. The van der Waals surface area contributed by atoms with Crippen LogP contribution < -0.4 is 4.90 Å². The van der Waals surface area contributed by atoms with Crippen molar-refractivity contribution in [1.29, 1.82) is 0 Å². The minimum Gasteiger partial charge on any atom is -0.456 e. The van der Waals surface area contributed by atoms with Crippen LogP contribution in [0.15, 0.2) is 176 Å². The topological polar surface area (TPSA) is 68.4 Å². The number of anilines is 3. The van der Waals surface area contributed by atoms with Crippen molar-refractivity contribution in [3.63, 3.8) is 0 Å². The van der Waals surface area contributed by atoms with Gasteiger partial charge in [0.1, 0.15) is 22.4 Å². The van der Waals surface area contributed by atoms with Gasteiger partial charge in [-0.1, -0.05) is 54.6 Å². The molecule has 0 aliphatic carbocycles. The van der Waals surface area contributed by atoms with Gasteiger partial charge in [0.05, 0.1) is 4.88 Å². The van der Waals surface area contributed by atoms with E-state index in [2.05, 4.69) is 107 Å². The van der Waals surface area contributed by atoms with E-state index in [1.165, 1.54) is 0 Å². The summed E-state index contributed by atoms with van der Waals surface area (Å²) in [5.41, 5.74) is 11.2. The van der Waals surface area contributed by atoms with E-state index >= 15 is 0 Å². The molecule has 0 N–H and O–H groups in total. The van der Waals surface area contributed by atoms with E-state index in [0.29, 0.717) is 11.8 Å². The van der Waals surface area contributed by atoms with Gasteiger partial charge in [0.2, 0.25) is 11.8 Å². The second-order valence-electron chi connectivity index (χ2n) is 12.3. The normalized spacial score (nSPS) is 11.5. The Hall–Kier alpha value is -6.70. The van der Waals surface area contributed by atoms with Crippen LogP contribution in [0.2, 0.25) is 0 Å². The Balaban J connectivity index is 1.00. The molecule has 51 heavy (non-hydrogen) atoms. The second kappa shape index (κ2) is 12.0. The highest BCUT2D eigenvalue weighted by Gasteiger charge is 2.16. The molecule has 10 aromatic rings. The van der Waals surface area contributed by atoms with Crippen molar-refractivity contribution in [1.82, 2.24) is 9.97 Å². The zero-order chi connectivity index (χ0) is 33.7. The summed E-state index contributed by atoms with van der Waals surface area (Å²) in [4.78, 5) is 12.7. The minimum absolute atomic E-state index is 0.597. The van der Waals surface area contributed by atoms with Crippen LogP contribution in [0.5, 0.6) is 0 Å². The molecule has 4 heterocycles. The highest BCUT2D eigenvalue weighted by Crippen LogP contribution is 2.39. The molecule has 0 radical (unpaired) electrons. The van der Waals surface area contributed by atoms with Crippen molar-refractivity contribution in [2.75, 3.05) is 4.90 Å². The molecular formula is C44H27N3O3S. The van der Waals surface area contributed by atoms with Gasteiger partial charge in [-0.3, -0.25) is 0 Å². The molecule has 7 heteroatoms. The van der Waals surface area contributed by atoms with Crippen molar-refractivity contribution in [3.8, 4) is 44.7 Å². The molecule has 0 saturated carbocycles. The summed E-state index contributed by atoms with van der Waals surface area (Å²) < 4.78 is 18.4. The Bertz CT molecular complexity index is 2610. The number of hydrogen-bond donors (Lipinski definition) is 0. The molecule has 0 aliphatic heterocycles. The van der Waals surface area contributed by atoms with E-state index in [1.807, 2.05) is 66.0 Å². The van der Waals surface area contributed by atoms with Gasteiger partial charge >= 0.3 is 0 Å². The molecule has 0 saturated heterocycles. The number of para-hydroxylation sites is 3. The molecule has 0 aliphatic rings. The molecule has 0 amide bonds. The first kappa shape index (κ1) is 29.2. The molecule has 0 unspecified atom stereocenters. The van der Waals surface area contributed by atoms with Crippen LogP contribution in [-0.2, 0) is 0 Å². The Labute approximate surface area is 296 Å². The number of hydrogen-bond acceptors (Lipinski definition) is 7. The molecule has 0 atom stereocenters. The zero-order valence-corrected chi connectivity index (χ0v) is 27.9. The van der Waals surface area contributed by atoms with Crippen LogP contribution in [0.4, 0.5) is 17.1 Å². The number of aromatic nitrogens is 2. The third-order valence-corrected chi connectivity index (χ3v) is 9.94. The van der Waals surface area contributed by atoms with Gasteiger partial charge in [0.25, 0.3) is 0 Å². The molecule has 0 fully saturated rings. The number of benzene rings is 6. The van der Waals surface area contributed by atoms with Gasteiger partial charge in [0.15, 0.2) is 11.2 Å². The van der Waals surface area contributed by atoms with Crippen molar-refractivity contribution < 1.29 is 13.3 Å². The molecule has 6 nitrogen and oxygen atoms in total. The first-order valence-electron chi connectivity index (χ1n) is 16.6. The largest absolute Gasteiger partial charge is 0.456 e. The maximum Gasteiger partial charge on any atom is 0.237 e. The molecule has 242 valence electrons. The number of oxazole rings is 2. The summed E-state index contributed by atoms with van der Waals surface area (Å²) in [6.45, 7) is 0. The Kier molecular flexibility index (Phi) is 6.89. The lowest BCUT2D eigenvalue weighted by molar-refractivity contribution is 0.620. The van der Waals surface area contributed by atoms with Gasteiger partial charge in [-0.2, -0.15) is 0 Å². The fourth-order valence-corrected chi connectivity index (χ4v) is 7.16. The van der Waals surface area contributed by atoms with Crippen LogP contribution in [0, 0.1) is 0 Å². The molecule has 4 aromatic heterocycles. The van der Waals surface area contributed by atoms with E-state index in [-0.39, 0.29) is 0 Å². The Morgan fingerprint density at radius 3 is 1.75 bits per heavy atom. The zero-order valence-electron chi connectivity index (χ0n) is 27.1. The summed E-state index contributed by atoms with van der Waals surface area (Å²) >= 11 is 1.62. The van der Waals surface area contributed by atoms with E-state index in [0.717, 1.165) is 83.1 Å². The van der Waals surface area contributed by atoms with Gasteiger partial charge in [-0.25, -0.2) is 9.97 Å². The van der Waals surface area contributed by atoms with Crippen LogP contribution in [0.3, 0.4) is 0 Å². The van der Waals surface area contributed by atoms with Gasteiger partial charge in [-0.15, -0.1) is 11.3 Å². The maximum absolute atomic E-state index is 6.16. The summed E-state index contributed by atoms with van der Waals surface area (Å²) in [6, 6.07) is 53.6. The first-order valence-corrected chi connectivity index (χ1v) is 17.5. The van der Waals surface area contributed by atoms with Crippen LogP contribution >= 0.6 is 11.3 Å². The van der Waals surface area contributed by atoms with Crippen LogP contribution in [0.1, 0.15) is 0 Å². The lowest BCUT2D eigenvalue weighted by Crippen LogP contribution is -2.09. The highest BCUT2D eigenvalue weighted by atomic mass is 32.1. The summed E-state index contributed by atoms with van der Waals surface area (Å²) in [5, 5.41) is 3.12. The smallest absolute Gasteiger partial charge is 0.237 e. The lowest BCUT2D eigenvalue weighted by atomic mass is 10.0. The number of fused-ring (bicyclic) bond motifs is 3. The second-order valence-corrected chi connectivity index (χ2v) is 13.2. The average Bonchev–Trinajstić information content (AvgIpc) is 4.01. The van der Waals surface area contributed by atoms with Crippen LogP contribution in [0.25, 0.3) is 77.8 Å². The Morgan fingerprint density at radius 2 is 1.04 bits per heavy atom. The molecular weight excluding hydrogens is 651 g/mol. The third-order valence-electron chi connectivity index (χ3n) is 9.08. The van der Waals surface area contributed by atoms with E-state index in [9.17, 15) is 0 Å². The predicted octanol–water partition coefficient (Wildman–Crippen LogP) is 12.9. The van der Waals surface area contributed by atoms with Crippen molar-refractivity contribution in [2.45, 2.75) is 0 Å². The summed E-state index contributed by atoms with van der Waals surface area (Å²) in [7, 11) is 0. The molecule has 0 bridgehead atoms. The number of thiophene rings is 1. The predicted molar refractivity (Wildman–Crippen MR) is 206 cm³/mol. The number of nitrogens with zero attached hydrogens (tertiary/aromatic N) is 3. The van der Waals surface area contributed by atoms with Crippen molar-refractivity contribution >= 4 is 61.6 Å². The van der Waals surface area contributed by atoms with Crippen LogP contribution in [-0.4, -0.2) is 9.97 Å². The van der Waals surface area contributed by atoms with Gasteiger partial charge in [-0.05, 0) is 120 Å². The van der Waals surface area contributed by atoms with Crippen molar-refractivity contribution in [2.24, 2.45) is 0 Å². The van der Waals surface area contributed by atoms with Gasteiger partial charge < -0.3 is 18.2 Å². The monoisotopic (exact) mass is 677 g/mol. The highest BCUT2D eigenvalue weighted by molar-refractivity contribution is 7.13. The SMILES string of the molecule is c1csc(-c2nc3ccc(-c4ccc(N(c5ccc(-c6cc7ccccc7o6)cc5)c5ccc(-c6nc7ccccc7o6)cc5)cc4)cc3o2)c1. The van der Waals surface area contributed by atoms with E-state index < -0.39 is 0 Å². The molecule has 0 spiro atoms. The minimum atomic E-state index is 0.597. The third kappa shape index (κ3) is 5.37.